The lowest BCUT2D eigenvalue weighted by molar-refractivity contribution is 0.327. The predicted octanol–water partition coefficient (Wildman–Crippen LogP) is 3.28. The van der Waals surface area contributed by atoms with Gasteiger partial charge in [0.15, 0.2) is 0 Å². The van der Waals surface area contributed by atoms with Crippen molar-refractivity contribution in [3.63, 3.8) is 0 Å². The van der Waals surface area contributed by atoms with E-state index in [0.717, 1.165) is 30.0 Å². The van der Waals surface area contributed by atoms with Crippen molar-refractivity contribution in [3.05, 3.63) is 64.2 Å². The summed E-state index contributed by atoms with van der Waals surface area (Å²) in [6, 6.07) is 14.5. The summed E-state index contributed by atoms with van der Waals surface area (Å²) >= 11 is 6.12. The van der Waals surface area contributed by atoms with Crippen LogP contribution in [-0.4, -0.2) is 19.2 Å². The van der Waals surface area contributed by atoms with E-state index in [1.165, 1.54) is 16.7 Å². The van der Waals surface area contributed by atoms with E-state index in [9.17, 15) is 0 Å². The zero-order valence-electron chi connectivity index (χ0n) is 13.2. The zero-order chi connectivity index (χ0) is 16.2. The minimum absolute atomic E-state index is 0.159. The third-order valence-electron chi connectivity index (χ3n) is 4.51. The van der Waals surface area contributed by atoms with Gasteiger partial charge in [0.1, 0.15) is 12.4 Å². The largest absolute Gasteiger partial charge is 0.492 e. The number of benzene rings is 2. The molecule has 1 aliphatic carbocycles. The summed E-state index contributed by atoms with van der Waals surface area (Å²) in [6.07, 6.45) is 2.94. The Bertz CT molecular complexity index is 674. The molecular weight excluding hydrogens is 308 g/mol. The number of hydrogen-bond acceptors (Lipinski definition) is 3. The van der Waals surface area contributed by atoms with Crippen LogP contribution in [0.5, 0.6) is 5.75 Å². The molecular formula is C19H23ClN2O. The molecule has 0 aromatic heterocycles. The molecule has 0 saturated heterocycles. The Labute approximate surface area is 142 Å². The Kier molecular flexibility index (Phi) is 5.21. The second-order valence-corrected chi connectivity index (χ2v) is 6.58. The molecule has 0 heterocycles. The maximum absolute atomic E-state index is 6.44. The first kappa shape index (κ1) is 16.3. The summed E-state index contributed by atoms with van der Waals surface area (Å²) < 4.78 is 5.69. The third-order valence-corrected chi connectivity index (χ3v) is 4.75. The summed E-state index contributed by atoms with van der Waals surface area (Å²) in [5.41, 5.74) is 15.9. The van der Waals surface area contributed by atoms with Crippen LogP contribution in [0, 0.1) is 0 Å². The van der Waals surface area contributed by atoms with Crippen LogP contribution < -0.4 is 16.2 Å². The van der Waals surface area contributed by atoms with Gasteiger partial charge < -0.3 is 16.2 Å². The smallest absolute Gasteiger partial charge is 0.119 e. The molecule has 2 aromatic rings. The maximum atomic E-state index is 6.44. The SMILES string of the molecule is NCCOc1ccc2c(c1)C(Cc1cccc(Cl)c1)C(N)CC2. The van der Waals surface area contributed by atoms with Crippen LogP contribution in [0.1, 0.15) is 29.0 Å². The number of halogens is 1. The lowest BCUT2D eigenvalue weighted by atomic mass is 9.76. The molecule has 4 heteroatoms. The van der Waals surface area contributed by atoms with E-state index in [2.05, 4.69) is 18.2 Å². The molecule has 0 bridgehead atoms. The molecule has 23 heavy (non-hydrogen) atoms. The molecule has 2 unspecified atom stereocenters. The van der Waals surface area contributed by atoms with Gasteiger partial charge in [-0.15, -0.1) is 0 Å². The highest BCUT2D eigenvalue weighted by Crippen LogP contribution is 2.36. The van der Waals surface area contributed by atoms with Crippen molar-refractivity contribution in [1.82, 2.24) is 0 Å². The molecule has 0 amide bonds. The number of hydrogen-bond donors (Lipinski definition) is 2. The van der Waals surface area contributed by atoms with E-state index in [4.69, 9.17) is 27.8 Å². The van der Waals surface area contributed by atoms with Crippen molar-refractivity contribution < 1.29 is 4.74 Å². The third kappa shape index (κ3) is 3.86. The summed E-state index contributed by atoms with van der Waals surface area (Å²) in [4.78, 5) is 0. The van der Waals surface area contributed by atoms with Gasteiger partial charge in [-0.2, -0.15) is 0 Å². The van der Waals surface area contributed by atoms with Crippen molar-refractivity contribution >= 4 is 11.6 Å². The first-order valence-electron chi connectivity index (χ1n) is 8.13. The van der Waals surface area contributed by atoms with Gasteiger partial charge in [-0.25, -0.2) is 0 Å². The molecule has 0 fully saturated rings. The lowest BCUT2D eigenvalue weighted by Gasteiger charge is -2.32. The van der Waals surface area contributed by atoms with Crippen LogP contribution >= 0.6 is 11.6 Å². The molecule has 3 nitrogen and oxygen atoms in total. The van der Waals surface area contributed by atoms with Gasteiger partial charge in [0.2, 0.25) is 0 Å². The van der Waals surface area contributed by atoms with Crippen molar-refractivity contribution in [2.75, 3.05) is 13.2 Å². The fourth-order valence-corrected chi connectivity index (χ4v) is 3.56. The van der Waals surface area contributed by atoms with Crippen molar-refractivity contribution in [3.8, 4) is 5.75 Å². The van der Waals surface area contributed by atoms with Gasteiger partial charge in [0.05, 0.1) is 0 Å². The van der Waals surface area contributed by atoms with Crippen LogP contribution in [0.2, 0.25) is 5.02 Å². The van der Waals surface area contributed by atoms with E-state index in [0.29, 0.717) is 19.1 Å². The average molecular weight is 331 g/mol. The maximum Gasteiger partial charge on any atom is 0.119 e. The van der Waals surface area contributed by atoms with E-state index >= 15 is 0 Å². The molecule has 3 rings (SSSR count). The van der Waals surface area contributed by atoms with E-state index in [-0.39, 0.29) is 6.04 Å². The van der Waals surface area contributed by atoms with Crippen LogP contribution in [-0.2, 0) is 12.8 Å². The lowest BCUT2D eigenvalue weighted by Crippen LogP contribution is -2.34. The van der Waals surface area contributed by atoms with Gasteiger partial charge in [0, 0.05) is 23.5 Å². The quantitative estimate of drug-likeness (QED) is 0.884. The molecule has 0 aliphatic heterocycles. The zero-order valence-corrected chi connectivity index (χ0v) is 13.9. The van der Waals surface area contributed by atoms with Gasteiger partial charge >= 0.3 is 0 Å². The van der Waals surface area contributed by atoms with Crippen LogP contribution in [0.25, 0.3) is 0 Å². The summed E-state index contributed by atoms with van der Waals surface area (Å²) in [5.74, 6) is 1.16. The molecule has 0 radical (unpaired) electrons. The van der Waals surface area contributed by atoms with Gasteiger partial charge in [-0.1, -0.05) is 29.8 Å². The monoisotopic (exact) mass is 330 g/mol. The van der Waals surface area contributed by atoms with Gasteiger partial charge in [-0.05, 0) is 60.2 Å². The Balaban J connectivity index is 1.88. The van der Waals surface area contributed by atoms with Crippen molar-refractivity contribution in [2.24, 2.45) is 11.5 Å². The molecule has 0 saturated carbocycles. The van der Waals surface area contributed by atoms with Crippen LogP contribution in [0.3, 0.4) is 0 Å². The number of rotatable bonds is 5. The molecule has 2 atom stereocenters. The van der Waals surface area contributed by atoms with E-state index in [1.54, 1.807) is 0 Å². The molecule has 4 N–H and O–H groups in total. The Morgan fingerprint density at radius 2 is 2.04 bits per heavy atom. The summed E-state index contributed by atoms with van der Waals surface area (Å²) in [7, 11) is 0. The number of nitrogens with two attached hydrogens (primary N) is 2. The normalized spacial score (nSPS) is 20.1. The number of ether oxygens (including phenoxy) is 1. The molecule has 2 aromatic carbocycles. The number of aryl methyl sites for hydroxylation is 1. The Hall–Kier alpha value is -1.55. The van der Waals surface area contributed by atoms with Crippen molar-refractivity contribution in [2.45, 2.75) is 31.2 Å². The highest BCUT2D eigenvalue weighted by molar-refractivity contribution is 6.30. The second kappa shape index (κ2) is 7.35. The van der Waals surface area contributed by atoms with Gasteiger partial charge in [0.25, 0.3) is 0 Å². The standard InChI is InChI=1S/C19H23ClN2O/c20-15-3-1-2-13(10-15)11-18-17-12-16(23-9-8-21)6-4-14(17)5-7-19(18)22/h1-4,6,10,12,18-19H,5,7-9,11,21-22H2. The van der Waals surface area contributed by atoms with Crippen LogP contribution in [0.4, 0.5) is 0 Å². The summed E-state index contributed by atoms with van der Waals surface area (Å²) in [5, 5.41) is 0.770. The molecule has 122 valence electrons. The second-order valence-electron chi connectivity index (χ2n) is 6.14. The molecule has 0 spiro atoms. The van der Waals surface area contributed by atoms with Crippen molar-refractivity contribution in [1.29, 1.82) is 0 Å². The predicted molar refractivity (Wildman–Crippen MR) is 95.2 cm³/mol. The van der Waals surface area contributed by atoms with E-state index in [1.807, 2.05) is 24.3 Å². The highest BCUT2D eigenvalue weighted by atomic mass is 35.5. The molecule has 1 aliphatic rings. The highest BCUT2D eigenvalue weighted by Gasteiger charge is 2.27. The van der Waals surface area contributed by atoms with Gasteiger partial charge in [-0.3, -0.25) is 0 Å². The fraction of sp³-hybridized carbons (Fsp3) is 0.368. The van der Waals surface area contributed by atoms with Crippen LogP contribution in [0.15, 0.2) is 42.5 Å². The Morgan fingerprint density at radius 1 is 1.17 bits per heavy atom. The topological polar surface area (TPSA) is 61.3 Å². The summed E-state index contributed by atoms with van der Waals surface area (Å²) in [6.45, 7) is 1.05. The van der Waals surface area contributed by atoms with E-state index < -0.39 is 0 Å². The average Bonchev–Trinajstić information content (AvgIpc) is 2.55. The first-order chi connectivity index (χ1) is 11.2. The first-order valence-corrected chi connectivity index (χ1v) is 8.51. The fourth-order valence-electron chi connectivity index (χ4n) is 3.35. The minimum atomic E-state index is 0.159. The number of fused-ring (bicyclic) bond motifs is 1. The Morgan fingerprint density at radius 3 is 2.83 bits per heavy atom. The minimum Gasteiger partial charge on any atom is -0.492 e.